The zero-order valence-electron chi connectivity index (χ0n) is 17.5. The third kappa shape index (κ3) is 3.86. The van der Waals surface area contributed by atoms with E-state index in [1.54, 1.807) is 12.1 Å². The zero-order valence-corrected chi connectivity index (χ0v) is 17.5. The van der Waals surface area contributed by atoms with E-state index in [1.807, 2.05) is 36.1 Å². The maximum atomic E-state index is 14.2. The van der Waals surface area contributed by atoms with E-state index in [-0.39, 0.29) is 17.1 Å². The lowest BCUT2D eigenvalue weighted by atomic mass is 9.74. The number of piperidine rings is 1. The summed E-state index contributed by atoms with van der Waals surface area (Å²) in [6, 6.07) is 12.6. The Kier molecular flexibility index (Phi) is 5.30. The maximum Gasteiger partial charge on any atom is 0.258 e. The fourth-order valence-electron chi connectivity index (χ4n) is 4.58. The van der Waals surface area contributed by atoms with Crippen LogP contribution in [0.2, 0.25) is 0 Å². The number of halogens is 1. The predicted molar refractivity (Wildman–Crippen MR) is 116 cm³/mol. The van der Waals surface area contributed by atoms with Crippen LogP contribution < -0.4 is 4.90 Å². The minimum atomic E-state index is -0.222. The molecule has 1 amide bonds. The molecule has 0 aromatic heterocycles. The van der Waals surface area contributed by atoms with Crippen LogP contribution >= 0.6 is 0 Å². The van der Waals surface area contributed by atoms with Gasteiger partial charge in [-0.05, 0) is 82.6 Å². The summed E-state index contributed by atoms with van der Waals surface area (Å²) in [4.78, 5) is 17.6. The van der Waals surface area contributed by atoms with Crippen molar-refractivity contribution in [3.8, 4) is 0 Å². The molecule has 2 heterocycles. The average molecular weight is 393 g/mol. The zero-order chi connectivity index (χ0) is 20.6. The van der Waals surface area contributed by atoms with E-state index in [4.69, 9.17) is 0 Å². The summed E-state index contributed by atoms with van der Waals surface area (Å²) in [7, 11) is 0. The van der Waals surface area contributed by atoms with Gasteiger partial charge < -0.3 is 4.90 Å². The Labute approximate surface area is 172 Å². The van der Waals surface area contributed by atoms with Gasteiger partial charge >= 0.3 is 0 Å². The highest BCUT2D eigenvalue weighted by atomic mass is 19.1. The van der Waals surface area contributed by atoms with Crippen molar-refractivity contribution in [1.82, 2.24) is 4.90 Å². The topological polar surface area (TPSA) is 23.6 Å². The lowest BCUT2D eigenvalue weighted by Crippen LogP contribution is -2.46. The van der Waals surface area contributed by atoms with E-state index in [1.165, 1.54) is 11.6 Å². The van der Waals surface area contributed by atoms with E-state index in [2.05, 4.69) is 24.8 Å². The highest BCUT2D eigenvalue weighted by Crippen LogP contribution is 2.47. The molecular formula is C25H29FN2O. The van der Waals surface area contributed by atoms with Gasteiger partial charge in [0, 0.05) is 29.8 Å². The number of allylic oxidation sites excluding steroid dienone is 1. The van der Waals surface area contributed by atoms with E-state index in [0.717, 1.165) is 49.3 Å². The normalized spacial score (nSPS) is 18.0. The van der Waals surface area contributed by atoms with E-state index in [9.17, 15) is 9.18 Å². The maximum absolute atomic E-state index is 14.2. The number of likely N-dealkylation sites (tertiary alicyclic amines) is 1. The predicted octanol–water partition coefficient (Wildman–Crippen LogP) is 5.09. The molecule has 0 bridgehead atoms. The van der Waals surface area contributed by atoms with Gasteiger partial charge in [-0.1, -0.05) is 29.3 Å². The van der Waals surface area contributed by atoms with Gasteiger partial charge in [-0.15, -0.1) is 0 Å². The number of carbonyl (C=O) groups is 1. The molecule has 0 atom stereocenters. The van der Waals surface area contributed by atoms with Crippen LogP contribution in [0, 0.1) is 12.7 Å². The molecule has 2 aromatic carbocycles. The molecule has 4 heteroatoms. The van der Waals surface area contributed by atoms with Gasteiger partial charge in [0.2, 0.25) is 0 Å². The van der Waals surface area contributed by atoms with Gasteiger partial charge in [0.15, 0.2) is 0 Å². The van der Waals surface area contributed by atoms with Gasteiger partial charge in [0.25, 0.3) is 5.91 Å². The van der Waals surface area contributed by atoms with Crippen molar-refractivity contribution in [2.24, 2.45) is 0 Å². The molecule has 1 saturated heterocycles. The van der Waals surface area contributed by atoms with Crippen molar-refractivity contribution < 1.29 is 9.18 Å². The van der Waals surface area contributed by atoms with Crippen LogP contribution in [0.3, 0.4) is 0 Å². The summed E-state index contributed by atoms with van der Waals surface area (Å²) < 4.78 is 14.2. The molecule has 0 saturated carbocycles. The van der Waals surface area contributed by atoms with E-state index in [0.29, 0.717) is 12.1 Å². The monoisotopic (exact) mass is 392 g/mol. The van der Waals surface area contributed by atoms with Gasteiger partial charge in [-0.3, -0.25) is 9.69 Å². The van der Waals surface area contributed by atoms with Gasteiger partial charge in [0.1, 0.15) is 5.82 Å². The van der Waals surface area contributed by atoms with Crippen LogP contribution in [0.5, 0.6) is 0 Å². The molecular weight excluding hydrogens is 363 g/mol. The number of benzene rings is 2. The average Bonchev–Trinajstić information content (AvgIpc) is 3.01. The second-order valence-corrected chi connectivity index (χ2v) is 8.78. The van der Waals surface area contributed by atoms with Crippen molar-refractivity contribution in [1.29, 1.82) is 0 Å². The number of anilines is 1. The summed E-state index contributed by atoms with van der Waals surface area (Å²) in [6.07, 6.45) is 4.14. The van der Waals surface area contributed by atoms with Crippen LogP contribution in [0.15, 0.2) is 54.1 Å². The molecule has 0 unspecified atom stereocenters. The van der Waals surface area contributed by atoms with Crippen molar-refractivity contribution >= 4 is 11.6 Å². The molecule has 29 heavy (non-hydrogen) atoms. The van der Waals surface area contributed by atoms with Crippen molar-refractivity contribution in [3.63, 3.8) is 0 Å². The first-order chi connectivity index (χ1) is 13.9. The summed E-state index contributed by atoms with van der Waals surface area (Å²) in [6.45, 7) is 9.78. The molecule has 0 aliphatic carbocycles. The lowest BCUT2D eigenvalue weighted by Gasteiger charge is -2.39. The number of hydrogen-bond acceptors (Lipinski definition) is 2. The van der Waals surface area contributed by atoms with Crippen LogP contribution in [0.4, 0.5) is 10.1 Å². The fourth-order valence-corrected chi connectivity index (χ4v) is 4.58. The Morgan fingerprint density at radius 2 is 1.79 bits per heavy atom. The molecule has 1 spiro atoms. The van der Waals surface area contributed by atoms with E-state index >= 15 is 0 Å². The first-order valence-corrected chi connectivity index (χ1v) is 10.4. The standard InChI is InChI=1S/C25H29FN2O/c1-18(2)10-13-27-14-11-25(12-15-27)17-28(23-9-8-21(26)16-22(23)25)24(29)20-6-4-19(3)5-7-20/h4-10,16H,11-15,17H2,1-3H3. The molecule has 2 aromatic rings. The van der Waals surface area contributed by atoms with Crippen molar-refractivity contribution in [2.75, 3.05) is 31.1 Å². The van der Waals surface area contributed by atoms with Crippen LogP contribution in [0.1, 0.15) is 48.2 Å². The van der Waals surface area contributed by atoms with E-state index < -0.39 is 0 Å². The number of rotatable bonds is 3. The Morgan fingerprint density at radius 1 is 1.10 bits per heavy atom. The SMILES string of the molecule is CC(C)=CCN1CCC2(CC1)CN(C(=O)c1ccc(C)cc1)c1ccc(F)cc12. The molecule has 4 rings (SSSR count). The fraction of sp³-hybridized carbons (Fsp3) is 0.400. The largest absolute Gasteiger partial charge is 0.307 e. The number of fused-ring (bicyclic) bond motifs is 2. The summed E-state index contributed by atoms with van der Waals surface area (Å²) in [5.74, 6) is -0.221. The van der Waals surface area contributed by atoms with Crippen LogP contribution in [-0.2, 0) is 5.41 Å². The van der Waals surface area contributed by atoms with Gasteiger partial charge in [-0.2, -0.15) is 0 Å². The Balaban J connectivity index is 1.61. The smallest absolute Gasteiger partial charge is 0.258 e. The lowest BCUT2D eigenvalue weighted by molar-refractivity contribution is 0.0977. The third-order valence-corrected chi connectivity index (χ3v) is 6.40. The van der Waals surface area contributed by atoms with Gasteiger partial charge in [0.05, 0.1) is 0 Å². The number of hydrogen-bond donors (Lipinski definition) is 0. The highest BCUT2D eigenvalue weighted by molar-refractivity contribution is 6.07. The molecule has 0 N–H and O–H groups in total. The minimum Gasteiger partial charge on any atom is -0.307 e. The second kappa shape index (κ2) is 7.75. The number of nitrogens with zero attached hydrogens (tertiary/aromatic N) is 2. The molecule has 0 radical (unpaired) electrons. The van der Waals surface area contributed by atoms with Crippen LogP contribution in [-0.4, -0.2) is 37.0 Å². The quantitative estimate of drug-likeness (QED) is 0.679. The Bertz CT molecular complexity index is 936. The molecule has 2 aliphatic rings. The first-order valence-electron chi connectivity index (χ1n) is 10.4. The molecule has 152 valence electrons. The van der Waals surface area contributed by atoms with Crippen molar-refractivity contribution in [3.05, 3.63) is 76.6 Å². The first kappa shape index (κ1) is 19.8. The molecule has 3 nitrogen and oxygen atoms in total. The Morgan fingerprint density at radius 3 is 2.45 bits per heavy atom. The minimum absolute atomic E-state index is 0.00158. The summed E-state index contributed by atoms with van der Waals surface area (Å²) in [5, 5.41) is 0. The van der Waals surface area contributed by atoms with Gasteiger partial charge in [-0.25, -0.2) is 4.39 Å². The third-order valence-electron chi connectivity index (χ3n) is 6.40. The number of carbonyl (C=O) groups excluding carboxylic acids is 1. The molecule has 1 fully saturated rings. The Hall–Kier alpha value is -2.46. The summed E-state index contributed by atoms with van der Waals surface area (Å²) >= 11 is 0. The highest BCUT2D eigenvalue weighted by Gasteiger charge is 2.46. The number of amides is 1. The summed E-state index contributed by atoms with van der Waals surface area (Å²) in [5.41, 5.74) is 4.86. The molecule has 2 aliphatic heterocycles. The number of aryl methyl sites for hydroxylation is 1. The second-order valence-electron chi connectivity index (χ2n) is 8.78. The van der Waals surface area contributed by atoms with Crippen LogP contribution in [0.25, 0.3) is 0 Å². The van der Waals surface area contributed by atoms with Crippen molar-refractivity contribution in [2.45, 2.75) is 39.0 Å².